The Labute approximate surface area is 149 Å². The summed E-state index contributed by atoms with van der Waals surface area (Å²) in [5.74, 6) is 0. The number of hydrogen-bond donors (Lipinski definition) is 0. The molecule has 0 bridgehead atoms. The highest BCUT2D eigenvalue weighted by Gasteiger charge is 2.53. The van der Waals surface area contributed by atoms with Gasteiger partial charge in [-0.05, 0) is 25.0 Å². The lowest BCUT2D eigenvalue weighted by molar-refractivity contribution is -0.159. The van der Waals surface area contributed by atoms with E-state index in [1.54, 1.807) is 0 Å². The first-order valence-corrected chi connectivity index (χ1v) is 9.09. The Morgan fingerprint density at radius 2 is 1.12 bits per heavy atom. The highest BCUT2D eigenvalue weighted by Crippen LogP contribution is 2.40. The van der Waals surface area contributed by atoms with Crippen LogP contribution in [0.3, 0.4) is 0 Å². The minimum atomic E-state index is -0.350. The normalized spacial score (nSPS) is 26.5. The minimum absolute atomic E-state index is 0.154. The first-order valence-electron chi connectivity index (χ1n) is 9.09. The van der Waals surface area contributed by atoms with E-state index in [-0.39, 0.29) is 23.4 Å². The Balaban J connectivity index is 1.56. The zero-order chi connectivity index (χ0) is 17.3. The van der Waals surface area contributed by atoms with Gasteiger partial charge in [0.05, 0.1) is 24.4 Å². The van der Waals surface area contributed by atoms with E-state index in [4.69, 9.17) is 14.2 Å². The van der Waals surface area contributed by atoms with Gasteiger partial charge in [-0.25, -0.2) is 0 Å². The van der Waals surface area contributed by atoms with Crippen molar-refractivity contribution in [3.8, 4) is 0 Å². The summed E-state index contributed by atoms with van der Waals surface area (Å²) in [6, 6.07) is 21.1. The van der Waals surface area contributed by atoms with Crippen LogP contribution in [-0.2, 0) is 27.1 Å². The molecule has 0 aliphatic carbocycles. The molecule has 2 heterocycles. The molecule has 3 nitrogen and oxygen atoms in total. The van der Waals surface area contributed by atoms with Gasteiger partial charge in [-0.3, -0.25) is 0 Å². The minimum Gasteiger partial charge on any atom is -0.370 e. The van der Waals surface area contributed by atoms with Gasteiger partial charge in [0.25, 0.3) is 0 Å². The van der Waals surface area contributed by atoms with E-state index in [2.05, 4.69) is 62.4 Å². The quantitative estimate of drug-likeness (QED) is 0.687. The highest BCUT2D eigenvalue weighted by atomic mass is 16.6. The number of ether oxygens (including phenoxy) is 3. The molecule has 2 fully saturated rings. The maximum Gasteiger partial charge on any atom is 0.110 e. The maximum absolute atomic E-state index is 6.83. The lowest BCUT2D eigenvalue weighted by atomic mass is 9.88. The van der Waals surface area contributed by atoms with Gasteiger partial charge in [0.15, 0.2) is 0 Å². The summed E-state index contributed by atoms with van der Waals surface area (Å²) in [6.07, 6.45) is 1.99. The Kier molecular flexibility index (Phi) is 4.40. The number of epoxide rings is 2. The van der Waals surface area contributed by atoms with Crippen LogP contribution in [0.15, 0.2) is 60.7 Å². The van der Waals surface area contributed by atoms with Gasteiger partial charge in [-0.1, -0.05) is 60.7 Å². The highest BCUT2D eigenvalue weighted by molar-refractivity contribution is 5.21. The van der Waals surface area contributed by atoms with E-state index in [1.165, 1.54) is 11.1 Å². The second kappa shape index (κ2) is 6.56. The fraction of sp³-hybridized carbons (Fsp3) is 0.455. The lowest BCUT2D eigenvalue weighted by Gasteiger charge is -2.39. The van der Waals surface area contributed by atoms with Crippen LogP contribution in [0.1, 0.15) is 25.0 Å². The third kappa shape index (κ3) is 3.95. The van der Waals surface area contributed by atoms with Gasteiger partial charge < -0.3 is 14.2 Å². The molecular formula is C22H26O3. The number of rotatable bonds is 8. The second-order valence-corrected chi connectivity index (χ2v) is 7.70. The molecule has 4 rings (SSSR count). The van der Waals surface area contributed by atoms with E-state index in [0.717, 1.165) is 26.1 Å². The maximum atomic E-state index is 6.83. The average Bonchev–Trinajstić information content (AvgIpc) is 3.49. The molecule has 0 spiro atoms. The van der Waals surface area contributed by atoms with Crippen molar-refractivity contribution in [1.29, 1.82) is 0 Å². The molecule has 2 aromatic carbocycles. The van der Waals surface area contributed by atoms with Crippen molar-refractivity contribution in [2.45, 2.75) is 50.1 Å². The smallest absolute Gasteiger partial charge is 0.110 e. The summed E-state index contributed by atoms with van der Waals surface area (Å²) in [7, 11) is 0. The fourth-order valence-corrected chi connectivity index (χ4v) is 3.77. The molecule has 0 amide bonds. The molecule has 0 aromatic heterocycles. The summed E-state index contributed by atoms with van der Waals surface area (Å²) in [6.45, 7) is 5.92. The molecule has 4 atom stereocenters. The van der Waals surface area contributed by atoms with E-state index < -0.39 is 0 Å². The number of hydrogen-bond acceptors (Lipinski definition) is 3. The topological polar surface area (TPSA) is 34.3 Å². The third-order valence-electron chi connectivity index (χ3n) is 5.29. The molecule has 2 aromatic rings. The summed E-state index contributed by atoms with van der Waals surface area (Å²) >= 11 is 0. The predicted molar refractivity (Wildman–Crippen MR) is 97.7 cm³/mol. The summed E-state index contributed by atoms with van der Waals surface area (Å²) < 4.78 is 18.2. The van der Waals surface area contributed by atoms with Crippen LogP contribution in [0.4, 0.5) is 0 Å². The summed E-state index contributed by atoms with van der Waals surface area (Å²) in [4.78, 5) is 0. The molecular weight excluding hydrogens is 312 g/mol. The van der Waals surface area contributed by atoms with Crippen LogP contribution in [0, 0.1) is 0 Å². The van der Waals surface area contributed by atoms with Crippen LogP contribution in [0.2, 0.25) is 0 Å². The Morgan fingerprint density at radius 1 is 0.760 bits per heavy atom. The van der Waals surface area contributed by atoms with Gasteiger partial charge in [-0.2, -0.15) is 0 Å². The van der Waals surface area contributed by atoms with Crippen LogP contribution in [0.5, 0.6) is 0 Å². The van der Waals surface area contributed by atoms with Crippen LogP contribution >= 0.6 is 0 Å². The fourth-order valence-electron chi connectivity index (χ4n) is 3.77. The van der Waals surface area contributed by atoms with Crippen LogP contribution in [-0.4, -0.2) is 36.6 Å². The van der Waals surface area contributed by atoms with Gasteiger partial charge in [0.2, 0.25) is 0 Å². The SMILES string of the molecule is CC(Cc1ccccc1)(OC(C)(Cc1ccccc1)C1CO1)C1CO1. The molecule has 0 N–H and O–H groups in total. The molecule has 0 radical (unpaired) electrons. The first kappa shape index (κ1) is 16.8. The van der Waals surface area contributed by atoms with Gasteiger partial charge in [-0.15, -0.1) is 0 Å². The molecule has 132 valence electrons. The summed E-state index contributed by atoms with van der Waals surface area (Å²) in [5.41, 5.74) is 1.85. The Morgan fingerprint density at radius 3 is 1.44 bits per heavy atom. The lowest BCUT2D eigenvalue weighted by Crippen LogP contribution is -2.50. The zero-order valence-corrected chi connectivity index (χ0v) is 15.0. The van der Waals surface area contributed by atoms with Crippen molar-refractivity contribution in [1.82, 2.24) is 0 Å². The van der Waals surface area contributed by atoms with E-state index in [0.29, 0.717) is 0 Å². The van der Waals surface area contributed by atoms with Crippen molar-refractivity contribution >= 4 is 0 Å². The van der Waals surface area contributed by atoms with E-state index in [9.17, 15) is 0 Å². The molecule has 2 saturated heterocycles. The molecule has 2 aliphatic rings. The van der Waals surface area contributed by atoms with Gasteiger partial charge >= 0.3 is 0 Å². The molecule has 25 heavy (non-hydrogen) atoms. The van der Waals surface area contributed by atoms with Crippen molar-refractivity contribution in [3.63, 3.8) is 0 Å². The summed E-state index contributed by atoms with van der Waals surface area (Å²) in [5, 5.41) is 0. The van der Waals surface area contributed by atoms with Gasteiger partial charge in [0, 0.05) is 12.8 Å². The predicted octanol–water partition coefficient (Wildman–Crippen LogP) is 3.80. The first-order chi connectivity index (χ1) is 12.1. The van der Waals surface area contributed by atoms with Crippen molar-refractivity contribution in [2.75, 3.05) is 13.2 Å². The zero-order valence-electron chi connectivity index (χ0n) is 15.0. The third-order valence-corrected chi connectivity index (χ3v) is 5.29. The molecule has 0 saturated carbocycles. The van der Waals surface area contributed by atoms with Crippen molar-refractivity contribution in [2.24, 2.45) is 0 Å². The van der Waals surface area contributed by atoms with Crippen LogP contribution < -0.4 is 0 Å². The molecule has 2 aliphatic heterocycles. The van der Waals surface area contributed by atoms with Gasteiger partial charge in [0.1, 0.15) is 12.2 Å². The molecule has 3 heteroatoms. The standard InChI is InChI=1S/C22H26O3/c1-21(19-15-23-19,13-17-9-5-3-6-10-17)25-22(2,20-16-24-20)14-18-11-7-4-8-12-18/h3-12,19-20H,13-16H2,1-2H3. The molecule has 4 unspecified atom stereocenters. The average molecular weight is 338 g/mol. The largest absolute Gasteiger partial charge is 0.370 e. The van der Waals surface area contributed by atoms with E-state index in [1.807, 2.05) is 12.1 Å². The van der Waals surface area contributed by atoms with Crippen molar-refractivity contribution < 1.29 is 14.2 Å². The van der Waals surface area contributed by atoms with Crippen molar-refractivity contribution in [3.05, 3.63) is 71.8 Å². The monoisotopic (exact) mass is 338 g/mol. The number of benzene rings is 2. The Bertz CT molecular complexity index is 632. The second-order valence-electron chi connectivity index (χ2n) is 7.70. The Hall–Kier alpha value is -1.68. The van der Waals surface area contributed by atoms with Crippen LogP contribution in [0.25, 0.3) is 0 Å². The van der Waals surface area contributed by atoms with E-state index >= 15 is 0 Å².